The highest BCUT2D eigenvalue weighted by molar-refractivity contribution is 7.44. The average Bonchev–Trinajstić information content (AvgIpc) is 2.36. The number of hydrogen-bond acceptors (Lipinski definition) is 0. The highest BCUT2D eigenvalue weighted by Crippen LogP contribution is 2.21. The number of hydrogen-bond donors (Lipinski definition) is 0. The van der Waals surface area contributed by atoms with Crippen molar-refractivity contribution in [2.75, 3.05) is 0 Å². The summed E-state index contributed by atoms with van der Waals surface area (Å²) in [5.74, 6) is 0. The maximum absolute atomic E-state index is 5.97. The van der Waals surface area contributed by atoms with Crippen molar-refractivity contribution < 1.29 is 0 Å². The van der Waals surface area contributed by atoms with Crippen LogP contribution in [0.5, 0.6) is 0 Å². The van der Waals surface area contributed by atoms with E-state index in [1.165, 1.54) is 0 Å². The van der Waals surface area contributed by atoms with Crippen molar-refractivity contribution in [3.63, 3.8) is 0 Å². The minimum atomic E-state index is -1.86. The van der Waals surface area contributed by atoms with Crippen LogP contribution in [0.3, 0.4) is 0 Å². The van der Waals surface area contributed by atoms with Gasteiger partial charge in [0.25, 0.3) is 0 Å². The van der Waals surface area contributed by atoms with Gasteiger partial charge in [0.15, 0.2) is 0 Å². The molecule has 0 aliphatic rings. The number of aromatic nitrogens is 1. The minimum Gasteiger partial charge on any atom is -0.354 e. The summed E-state index contributed by atoms with van der Waals surface area (Å²) in [7, 11) is 0. The van der Waals surface area contributed by atoms with Crippen LogP contribution in [0.1, 0.15) is 6.42 Å². The molecule has 0 saturated heterocycles. The summed E-state index contributed by atoms with van der Waals surface area (Å²) in [4.78, 5) is 0. The van der Waals surface area contributed by atoms with Crippen LogP contribution >= 0.6 is 22.2 Å². The maximum Gasteiger partial charge on any atom is 0.248 e. The first-order valence-corrected chi connectivity index (χ1v) is 8.79. The lowest BCUT2D eigenvalue weighted by atomic mass is 10.5. The zero-order chi connectivity index (χ0) is 9.03. The second-order valence-corrected chi connectivity index (χ2v) is 11.3. The monoisotopic (exact) mass is 221 g/mol. The van der Waals surface area contributed by atoms with Crippen molar-refractivity contribution in [1.29, 1.82) is 0 Å². The fourth-order valence-corrected chi connectivity index (χ4v) is 2.67. The molecule has 0 radical (unpaired) electrons. The van der Waals surface area contributed by atoms with Crippen LogP contribution < -0.4 is 0 Å². The minimum absolute atomic E-state index is 0.967. The van der Waals surface area contributed by atoms with E-state index in [1.807, 2.05) is 18.7 Å². The van der Waals surface area contributed by atoms with Crippen LogP contribution in [-0.2, 0) is 6.54 Å². The summed E-state index contributed by atoms with van der Waals surface area (Å²) in [6, 6.07) is 5.02. The molecular formula is C8H13Cl2NSi. The van der Waals surface area contributed by atoms with E-state index in [1.54, 1.807) is 0 Å². The van der Waals surface area contributed by atoms with E-state index in [4.69, 9.17) is 22.2 Å². The third-order valence-electron chi connectivity index (χ3n) is 1.70. The van der Waals surface area contributed by atoms with Gasteiger partial charge in [-0.1, -0.05) is 0 Å². The van der Waals surface area contributed by atoms with Gasteiger partial charge in [-0.2, -0.15) is 0 Å². The molecule has 0 spiro atoms. The molecule has 1 rings (SSSR count). The number of aryl methyl sites for hydroxylation is 1. The van der Waals surface area contributed by atoms with Gasteiger partial charge in [-0.3, -0.25) is 0 Å². The zero-order valence-corrected chi connectivity index (χ0v) is 9.65. The van der Waals surface area contributed by atoms with Crippen LogP contribution in [0.25, 0.3) is 0 Å². The molecule has 0 aromatic carbocycles. The van der Waals surface area contributed by atoms with Crippen LogP contribution in [0, 0.1) is 0 Å². The predicted octanol–water partition coefficient (Wildman–Crippen LogP) is 3.43. The fraction of sp³-hybridized carbons (Fsp3) is 0.500. The Morgan fingerprint density at radius 3 is 2.33 bits per heavy atom. The van der Waals surface area contributed by atoms with Gasteiger partial charge in [-0.15, -0.1) is 22.2 Å². The molecule has 1 nitrogen and oxygen atoms in total. The lowest BCUT2D eigenvalue weighted by molar-refractivity contribution is 0.680. The second-order valence-electron chi connectivity index (χ2n) is 3.09. The molecule has 0 aliphatic carbocycles. The van der Waals surface area contributed by atoms with E-state index in [-0.39, 0.29) is 0 Å². The van der Waals surface area contributed by atoms with E-state index >= 15 is 0 Å². The van der Waals surface area contributed by atoms with Gasteiger partial charge in [0.1, 0.15) is 0 Å². The lowest BCUT2D eigenvalue weighted by Crippen LogP contribution is -2.12. The van der Waals surface area contributed by atoms with Gasteiger partial charge < -0.3 is 4.57 Å². The van der Waals surface area contributed by atoms with E-state index in [2.05, 4.69) is 17.0 Å². The van der Waals surface area contributed by atoms with Crippen molar-refractivity contribution >= 4 is 28.9 Å². The quantitative estimate of drug-likeness (QED) is 0.543. The number of halogens is 2. The smallest absolute Gasteiger partial charge is 0.248 e. The number of nitrogens with zero attached hydrogens (tertiary/aromatic N) is 1. The Balaban J connectivity index is 2.20. The van der Waals surface area contributed by atoms with Gasteiger partial charge in [0.2, 0.25) is 6.69 Å². The van der Waals surface area contributed by atoms with Gasteiger partial charge in [0, 0.05) is 18.9 Å². The number of rotatable bonds is 4. The first-order chi connectivity index (χ1) is 5.58. The third-order valence-corrected chi connectivity index (χ3v) is 4.06. The largest absolute Gasteiger partial charge is 0.354 e. The molecule has 4 heteroatoms. The Hall–Kier alpha value is 0.0769. The van der Waals surface area contributed by atoms with Gasteiger partial charge >= 0.3 is 0 Å². The molecule has 0 fully saturated rings. The molecule has 1 aromatic rings. The predicted molar refractivity (Wildman–Crippen MR) is 57.2 cm³/mol. The highest BCUT2D eigenvalue weighted by atomic mass is 35.7. The Morgan fingerprint density at radius 1 is 1.25 bits per heavy atom. The van der Waals surface area contributed by atoms with E-state index < -0.39 is 6.69 Å². The Bertz CT molecular complexity index is 215. The first-order valence-electron chi connectivity index (χ1n) is 4.06. The van der Waals surface area contributed by atoms with E-state index in [9.17, 15) is 0 Å². The molecule has 0 saturated carbocycles. The summed E-state index contributed by atoms with van der Waals surface area (Å²) in [5, 5.41) is 0. The zero-order valence-electron chi connectivity index (χ0n) is 7.13. The van der Waals surface area contributed by atoms with Crippen LogP contribution in [0.4, 0.5) is 0 Å². The van der Waals surface area contributed by atoms with Crippen LogP contribution in [-0.4, -0.2) is 11.3 Å². The Morgan fingerprint density at radius 2 is 1.83 bits per heavy atom. The molecule has 0 unspecified atom stereocenters. The van der Waals surface area contributed by atoms with Crippen molar-refractivity contribution in [3.05, 3.63) is 24.5 Å². The molecule has 0 N–H and O–H groups in total. The Kier molecular flexibility index (Phi) is 3.68. The molecule has 12 heavy (non-hydrogen) atoms. The summed E-state index contributed by atoms with van der Waals surface area (Å²) in [6.45, 7) is 1.13. The van der Waals surface area contributed by atoms with Crippen molar-refractivity contribution in [2.45, 2.75) is 25.6 Å². The summed E-state index contributed by atoms with van der Waals surface area (Å²) in [5.41, 5.74) is 0. The van der Waals surface area contributed by atoms with E-state index in [0.717, 1.165) is 19.0 Å². The highest BCUT2D eigenvalue weighted by Gasteiger charge is 2.19. The summed E-state index contributed by atoms with van der Waals surface area (Å²) in [6.07, 6.45) is 5.19. The standard InChI is InChI=1S/C8H13Cl2NSi/c1-12(9,10)8-4-7-11-5-2-3-6-11/h2-3,5-6H,4,7-8H2,1H3. The van der Waals surface area contributed by atoms with Gasteiger partial charge in [-0.05, 0) is 31.1 Å². The van der Waals surface area contributed by atoms with Gasteiger partial charge in [0.05, 0.1) is 0 Å². The first kappa shape index (κ1) is 10.2. The van der Waals surface area contributed by atoms with Gasteiger partial charge in [-0.25, -0.2) is 0 Å². The van der Waals surface area contributed by atoms with E-state index in [0.29, 0.717) is 0 Å². The molecule has 68 valence electrons. The van der Waals surface area contributed by atoms with Crippen molar-refractivity contribution in [1.82, 2.24) is 4.57 Å². The molecule has 0 atom stereocenters. The summed E-state index contributed by atoms with van der Waals surface area (Å²) >= 11 is 11.9. The van der Waals surface area contributed by atoms with Crippen molar-refractivity contribution in [2.24, 2.45) is 0 Å². The van der Waals surface area contributed by atoms with Crippen LogP contribution in [0.2, 0.25) is 12.6 Å². The van der Waals surface area contributed by atoms with Crippen molar-refractivity contribution in [3.8, 4) is 0 Å². The molecule has 0 aliphatic heterocycles. The van der Waals surface area contributed by atoms with Crippen LogP contribution in [0.15, 0.2) is 24.5 Å². The molecule has 1 heterocycles. The molecule has 0 amide bonds. The SMILES string of the molecule is C[Si](Cl)(Cl)CCCn1cccc1. The normalized spacial score (nSPS) is 11.9. The lowest BCUT2D eigenvalue weighted by Gasteiger charge is -2.09. The Labute approximate surface area is 83.7 Å². The fourth-order valence-electron chi connectivity index (χ4n) is 1.09. The average molecular weight is 222 g/mol. The third kappa shape index (κ3) is 4.19. The molecular weight excluding hydrogens is 209 g/mol. The summed E-state index contributed by atoms with van der Waals surface area (Å²) < 4.78 is 2.15. The second kappa shape index (κ2) is 4.35. The topological polar surface area (TPSA) is 4.93 Å². The maximum atomic E-state index is 5.97. The molecule has 1 aromatic heterocycles. The molecule has 0 bridgehead atoms.